The first-order valence-corrected chi connectivity index (χ1v) is 9.03. The van der Waals surface area contributed by atoms with Crippen LogP contribution in [0.2, 0.25) is 0 Å². The summed E-state index contributed by atoms with van der Waals surface area (Å²) >= 11 is 0. The van der Waals surface area contributed by atoms with Gasteiger partial charge in [0.25, 0.3) is 0 Å². The number of carbonyl (C=O) groups is 1. The van der Waals surface area contributed by atoms with Gasteiger partial charge in [0, 0.05) is 38.4 Å². The van der Waals surface area contributed by atoms with Crippen LogP contribution in [0.15, 0.2) is 35.3 Å². The van der Waals surface area contributed by atoms with E-state index in [9.17, 15) is 4.79 Å². The number of amides is 1. The Bertz CT molecular complexity index is 585. The minimum absolute atomic E-state index is 0.00298. The summed E-state index contributed by atoms with van der Waals surface area (Å²) in [5.74, 6) is 0.780. The lowest BCUT2D eigenvalue weighted by molar-refractivity contribution is -0.128. The molecule has 1 fully saturated rings. The highest BCUT2D eigenvalue weighted by Crippen LogP contribution is 2.20. The summed E-state index contributed by atoms with van der Waals surface area (Å²) in [5, 5.41) is 9.50. The molecule has 138 valence electrons. The summed E-state index contributed by atoms with van der Waals surface area (Å²) < 4.78 is 0. The number of hydrogen-bond acceptors (Lipinski definition) is 3. The number of aliphatic imine (C=N–C) groups is 1. The van der Waals surface area contributed by atoms with Crippen molar-refractivity contribution in [2.45, 2.75) is 33.2 Å². The second-order valence-electron chi connectivity index (χ2n) is 7.07. The molecule has 1 aliphatic heterocycles. The third kappa shape index (κ3) is 5.37. The van der Waals surface area contributed by atoms with Gasteiger partial charge in [-0.25, -0.2) is 0 Å². The van der Waals surface area contributed by atoms with Crippen LogP contribution in [0.1, 0.15) is 27.2 Å². The molecular formula is C19H31N5O. The molecule has 0 aromatic heterocycles. The van der Waals surface area contributed by atoms with Crippen molar-refractivity contribution >= 4 is 17.6 Å². The quantitative estimate of drug-likeness (QED) is 0.541. The van der Waals surface area contributed by atoms with Crippen LogP contribution in [-0.2, 0) is 4.79 Å². The highest BCUT2D eigenvalue weighted by molar-refractivity contribution is 5.83. The standard InChI is InChI=1S/C19H31N5O/c1-5-21-18(22-14-19(2,3)17(25)20-4)23-15-11-12-24(13-15)16-9-7-6-8-10-16/h6-10,15H,5,11-14H2,1-4H3,(H,20,25)(H2,21,22,23). The molecule has 6 heteroatoms. The monoisotopic (exact) mass is 345 g/mol. The maximum atomic E-state index is 11.9. The fraction of sp³-hybridized carbons (Fsp3) is 0.579. The topological polar surface area (TPSA) is 68.8 Å². The van der Waals surface area contributed by atoms with Crippen molar-refractivity contribution in [2.24, 2.45) is 10.4 Å². The van der Waals surface area contributed by atoms with Crippen molar-refractivity contribution in [3.8, 4) is 0 Å². The van der Waals surface area contributed by atoms with E-state index in [-0.39, 0.29) is 5.91 Å². The van der Waals surface area contributed by atoms with Crippen molar-refractivity contribution in [1.82, 2.24) is 16.0 Å². The number of rotatable bonds is 6. The van der Waals surface area contributed by atoms with Gasteiger partial charge in [-0.2, -0.15) is 0 Å². The number of hydrogen-bond donors (Lipinski definition) is 3. The molecule has 1 aromatic rings. The number of benzene rings is 1. The van der Waals surface area contributed by atoms with Gasteiger partial charge in [0.15, 0.2) is 5.96 Å². The van der Waals surface area contributed by atoms with Gasteiger partial charge in [-0.05, 0) is 39.3 Å². The van der Waals surface area contributed by atoms with E-state index in [1.54, 1.807) is 7.05 Å². The van der Waals surface area contributed by atoms with E-state index in [0.717, 1.165) is 32.0 Å². The fourth-order valence-corrected chi connectivity index (χ4v) is 2.95. The Morgan fingerprint density at radius 3 is 2.68 bits per heavy atom. The molecule has 3 N–H and O–H groups in total. The molecule has 1 unspecified atom stereocenters. The predicted octanol–water partition coefficient (Wildman–Crippen LogP) is 1.59. The van der Waals surface area contributed by atoms with E-state index in [1.165, 1.54) is 5.69 Å². The molecule has 0 aliphatic carbocycles. The van der Waals surface area contributed by atoms with E-state index in [0.29, 0.717) is 12.6 Å². The average Bonchev–Trinajstić information content (AvgIpc) is 3.08. The van der Waals surface area contributed by atoms with Gasteiger partial charge < -0.3 is 20.9 Å². The third-order valence-electron chi connectivity index (χ3n) is 4.47. The first-order valence-electron chi connectivity index (χ1n) is 9.03. The molecule has 2 rings (SSSR count). The van der Waals surface area contributed by atoms with Gasteiger partial charge in [0.2, 0.25) is 5.91 Å². The summed E-state index contributed by atoms with van der Waals surface area (Å²) in [6.07, 6.45) is 1.07. The molecule has 25 heavy (non-hydrogen) atoms. The first-order chi connectivity index (χ1) is 12.0. The molecule has 0 radical (unpaired) electrons. The summed E-state index contributed by atoms with van der Waals surface area (Å²) in [4.78, 5) is 18.9. The minimum Gasteiger partial charge on any atom is -0.369 e. The molecule has 0 saturated carbocycles. The summed E-state index contributed by atoms with van der Waals surface area (Å²) in [6.45, 7) is 9.08. The van der Waals surface area contributed by atoms with E-state index in [4.69, 9.17) is 0 Å². The third-order valence-corrected chi connectivity index (χ3v) is 4.47. The zero-order chi connectivity index (χ0) is 18.3. The van der Waals surface area contributed by atoms with Crippen molar-refractivity contribution < 1.29 is 4.79 Å². The maximum absolute atomic E-state index is 11.9. The van der Waals surface area contributed by atoms with Crippen LogP contribution >= 0.6 is 0 Å². The van der Waals surface area contributed by atoms with Crippen LogP contribution in [-0.4, -0.2) is 51.1 Å². The molecule has 1 saturated heterocycles. The second-order valence-corrected chi connectivity index (χ2v) is 7.07. The van der Waals surface area contributed by atoms with Crippen LogP contribution in [0.3, 0.4) is 0 Å². The zero-order valence-electron chi connectivity index (χ0n) is 15.8. The molecule has 1 aromatic carbocycles. The van der Waals surface area contributed by atoms with Gasteiger partial charge in [0.05, 0.1) is 12.0 Å². The lowest BCUT2D eigenvalue weighted by Gasteiger charge is -2.23. The Morgan fingerprint density at radius 2 is 2.04 bits per heavy atom. The second kappa shape index (κ2) is 8.74. The van der Waals surface area contributed by atoms with Crippen LogP contribution in [0, 0.1) is 5.41 Å². The molecule has 1 amide bonds. The van der Waals surface area contributed by atoms with E-state index >= 15 is 0 Å². The summed E-state index contributed by atoms with van der Waals surface area (Å²) in [6, 6.07) is 10.8. The van der Waals surface area contributed by atoms with Crippen LogP contribution in [0.4, 0.5) is 5.69 Å². The van der Waals surface area contributed by atoms with Crippen LogP contribution < -0.4 is 20.9 Å². The van der Waals surface area contributed by atoms with Gasteiger partial charge in [-0.1, -0.05) is 18.2 Å². The molecule has 6 nitrogen and oxygen atoms in total. The summed E-state index contributed by atoms with van der Waals surface area (Å²) in [7, 11) is 1.66. The maximum Gasteiger partial charge on any atom is 0.227 e. The fourth-order valence-electron chi connectivity index (χ4n) is 2.95. The minimum atomic E-state index is -0.525. The summed E-state index contributed by atoms with van der Waals surface area (Å²) in [5.41, 5.74) is 0.734. The molecule has 1 aliphatic rings. The van der Waals surface area contributed by atoms with E-state index in [2.05, 4.69) is 50.1 Å². The number of para-hydroxylation sites is 1. The molecule has 0 spiro atoms. The number of carbonyl (C=O) groups excluding carboxylic acids is 1. The average molecular weight is 345 g/mol. The molecule has 0 bridgehead atoms. The number of anilines is 1. The Kier molecular flexibility index (Phi) is 6.67. The van der Waals surface area contributed by atoms with E-state index < -0.39 is 5.41 Å². The first kappa shape index (κ1) is 19.1. The number of nitrogens with one attached hydrogen (secondary N) is 3. The Labute approximate surface area is 151 Å². The Balaban J connectivity index is 1.95. The normalized spacial score (nSPS) is 18.2. The molecular weight excluding hydrogens is 314 g/mol. The SMILES string of the molecule is CCNC(=NCC(C)(C)C(=O)NC)NC1CCN(c2ccccc2)C1. The van der Waals surface area contributed by atoms with Gasteiger partial charge >= 0.3 is 0 Å². The van der Waals surface area contributed by atoms with Crippen LogP contribution in [0.25, 0.3) is 0 Å². The van der Waals surface area contributed by atoms with Crippen molar-refractivity contribution in [1.29, 1.82) is 0 Å². The number of guanidine groups is 1. The molecule has 1 heterocycles. The van der Waals surface area contributed by atoms with E-state index in [1.807, 2.05) is 26.8 Å². The van der Waals surface area contributed by atoms with Gasteiger partial charge in [0.1, 0.15) is 0 Å². The lowest BCUT2D eigenvalue weighted by Crippen LogP contribution is -2.45. The Morgan fingerprint density at radius 1 is 1.32 bits per heavy atom. The van der Waals surface area contributed by atoms with Crippen molar-refractivity contribution in [3.05, 3.63) is 30.3 Å². The van der Waals surface area contributed by atoms with Crippen molar-refractivity contribution in [3.63, 3.8) is 0 Å². The smallest absolute Gasteiger partial charge is 0.227 e. The van der Waals surface area contributed by atoms with Crippen molar-refractivity contribution in [2.75, 3.05) is 38.1 Å². The number of nitrogens with zero attached hydrogens (tertiary/aromatic N) is 2. The van der Waals surface area contributed by atoms with Crippen LogP contribution in [0.5, 0.6) is 0 Å². The lowest BCUT2D eigenvalue weighted by atomic mass is 9.93. The Hall–Kier alpha value is -2.24. The highest BCUT2D eigenvalue weighted by Gasteiger charge is 2.27. The van der Waals surface area contributed by atoms with Gasteiger partial charge in [-0.15, -0.1) is 0 Å². The largest absolute Gasteiger partial charge is 0.369 e. The molecule has 1 atom stereocenters. The zero-order valence-corrected chi connectivity index (χ0v) is 15.8. The highest BCUT2D eigenvalue weighted by atomic mass is 16.2. The van der Waals surface area contributed by atoms with Gasteiger partial charge in [-0.3, -0.25) is 9.79 Å². The predicted molar refractivity (Wildman–Crippen MR) is 104 cm³/mol.